The molecule has 0 spiro atoms. The highest BCUT2D eigenvalue weighted by atomic mass is 16.5. The molecule has 1 unspecified atom stereocenters. The van der Waals surface area contributed by atoms with Crippen molar-refractivity contribution >= 4 is 17.7 Å². The Hall–Kier alpha value is -1.93. The zero-order valence-corrected chi connectivity index (χ0v) is 17.8. The number of amides is 1. The minimum atomic E-state index is 0.153. The third-order valence-electron chi connectivity index (χ3n) is 6.47. The van der Waals surface area contributed by atoms with E-state index < -0.39 is 0 Å². The molecule has 160 valence electrons. The van der Waals surface area contributed by atoms with Gasteiger partial charge in [-0.3, -0.25) is 9.69 Å². The summed E-state index contributed by atoms with van der Waals surface area (Å²) >= 11 is 0. The maximum Gasteiger partial charge on any atom is 0.227 e. The van der Waals surface area contributed by atoms with Crippen LogP contribution in [0, 0.1) is 5.92 Å². The van der Waals surface area contributed by atoms with Gasteiger partial charge in [0.15, 0.2) is 0 Å². The molecular formula is C21H34N6O2. The number of aromatic nitrogens is 2. The molecule has 1 amide bonds. The molecule has 29 heavy (non-hydrogen) atoms. The number of carbonyl (C=O) groups excluding carboxylic acids is 1. The molecular weight excluding hydrogens is 368 g/mol. The van der Waals surface area contributed by atoms with Crippen LogP contribution in [0.25, 0.3) is 0 Å². The fourth-order valence-electron chi connectivity index (χ4n) is 4.75. The summed E-state index contributed by atoms with van der Waals surface area (Å²) in [5.74, 6) is 2.26. The summed E-state index contributed by atoms with van der Waals surface area (Å²) in [6, 6.07) is 2.50. The molecule has 8 nitrogen and oxygen atoms in total. The average Bonchev–Trinajstić information content (AvgIpc) is 2.79. The van der Waals surface area contributed by atoms with Crippen molar-refractivity contribution in [2.24, 2.45) is 5.92 Å². The topological polar surface area (TPSA) is 65.0 Å². The van der Waals surface area contributed by atoms with Crippen molar-refractivity contribution in [2.75, 3.05) is 76.4 Å². The molecule has 3 aliphatic heterocycles. The second-order valence-electron chi connectivity index (χ2n) is 8.60. The Morgan fingerprint density at radius 3 is 2.59 bits per heavy atom. The van der Waals surface area contributed by atoms with Crippen molar-refractivity contribution in [3.8, 4) is 0 Å². The Bertz CT molecular complexity index is 686. The van der Waals surface area contributed by atoms with Crippen LogP contribution in [0.5, 0.6) is 0 Å². The maximum atomic E-state index is 12.9. The number of likely N-dealkylation sites (tertiary alicyclic amines) is 1. The molecule has 0 saturated carbocycles. The molecule has 0 radical (unpaired) electrons. The molecule has 1 atom stereocenters. The zero-order chi connectivity index (χ0) is 20.2. The molecule has 3 saturated heterocycles. The zero-order valence-electron chi connectivity index (χ0n) is 17.8. The van der Waals surface area contributed by atoms with E-state index in [2.05, 4.69) is 19.8 Å². The van der Waals surface area contributed by atoms with Gasteiger partial charge in [-0.1, -0.05) is 0 Å². The van der Waals surface area contributed by atoms with E-state index in [1.54, 1.807) is 0 Å². The Kier molecular flexibility index (Phi) is 6.50. The van der Waals surface area contributed by atoms with Crippen molar-refractivity contribution in [1.82, 2.24) is 19.8 Å². The number of hydrogen-bond donors (Lipinski definition) is 0. The Morgan fingerprint density at radius 1 is 1.10 bits per heavy atom. The summed E-state index contributed by atoms with van der Waals surface area (Å²) in [6.07, 6.45) is 6.20. The van der Waals surface area contributed by atoms with Crippen molar-refractivity contribution in [1.29, 1.82) is 0 Å². The average molecular weight is 403 g/mol. The van der Waals surface area contributed by atoms with Crippen molar-refractivity contribution in [3.63, 3.8) is 0 Å². The Labute approximate surface area is 173 Å². The lowest BCUT2D eigenvalue weighted by Crippen LogP contribution is -2.52. The molecule has 8 heteroatoms. The highest BCUT2D eigenvalue weighted by Crippen LogP contribution is 2.26. The van der Waals surface area contributed by atoms with E-state index in [4.69, 9.17) is 4.74 Å². The van der Waals surface area contributed by atoms with Crippen molar-refractivity contribution < 1.29 is 9.53 Å². The molecule has 1 aromatic heterocycles. The smallest absolute Gasteiger partial charge is 0.227 e. The number of morpholine rings is 1. The first-order chi connectivity index (χ1) is 14.1. The van der Waals surface area contributed by atoms with E-state index in [0.29, 0.717) is 25.2 Å². The van der Waals surface area contributed by atoms with Gasteiger partial charge in [-0.25, -0.2) is 4.98 Å². The van der Waals surface area contributed by atoms with E-state index in [1.165, 1.54) is 0 Å². The fraction of sp³-hybridized carbons (Fsp3) is 0.762. The van der Waals surface area contributed by atoms with E-state index >= 15 is 0 Å². The lowest BCUT2D eigenvalue weighted by atomic mass is 9.92. The first kappa shape index (κ1) is 20.3. The quantitative estimate of drug-likeness (QED) is 0.747. The van der Waals surface area contributed by atoms with E-state index in [1.807, 2.05) is 36.2 Å². The second kappa shape index (κ2) is 9.26. The van der Waals surface area contributed by atoms with Crippen LogP contribution >= 0.6 is 0 Å². The number of carbonyl (C=O) groups is 1. The number of ether oxygens (including phenoxy) is 1. The molecule has 0 aromatic carbocycles. The van der Waals surface area contributed by atoms with E-state index in [9.17, 15) is 4.79 Å². The van der Waals surface area contributed by atoms with Gasteiger partial charge in [0.2, 0.25) is 11.9 Å². The van der Waals surface area contributed by atoms with Gasteiger partial charge in [0, 0.05) is 59.1 Å². The van der Waals surface area contributed by atoms with Gasteiger partial charge < -0.3 is 19.4 Å². The second-order valence-corrected chi connectivity index (χ2v) is 8.60. The van der Waals surface area contributed by atoms with Crippen LogP contribution in [0.15, 0.2) is 12.3 Å². The largest absolute Gasteiger partial charge is 0.378 e. The summed E-state index contributed by atoms with van der Waals surface area (Å²) < 4.78 is 5.40. The SMILES string of the molecule is CN(C)c1ccnc(N2CCC(N3CCCC(C(=O)N4CCOCC4)C3)CC2)n1. The van der Waals surface area contributed by atoms with Crippen LogP contribution < -0.4 is 9.80 Å². The summed E-state index contributed by atoms with van der Waals surface area (Å²) in [5.41, 5.74) is 0. The number of piperidine rings is 2. The molecule has 0 bridgehead atoms. The third-order valence-corrected chi connectivity index (χ3v) is 6.47. The van der Waals surface area contributed by atoms with Crippen LogP contribution in [0.3, 0.4) is 0 Å². The number of anilines is 2. The summed E-state index contributed by atoms with van der Waals surface area (Å²) in [4.78, 5) is 31.0. The summed E-state index contributed by atoms with van der Waals surface area (Å²) in [5, 5.41) is 0. The Morgan fingerprint density at radius 2 is 1.86 bits per heavy atom. The minimum absolute atomic E-state index is 0.153. The minimum Gasteiger partial charge on any atom is -0.378 e. The molecule has 3 aliphatic rings. The van der Waals surface area contributed by atoms with Crippen LogP contribution in [0.4, 0.5) is 11.8 Å². The van der Waals surface area contributed by atoms with Gasteiger partial charge in [-0.15, -0.1) is 0 Å². The van der Waals surface area contributed by atoms with Gasteiger partial charge in [-0.2, -0.15) is 4.98 Å². The van der Waals surface area contributed by atoms with E-state index in [-0.39, 0.29) is 5.92 Å². The maximum absolute atomic E-state index is 12.9. The summed E-state index contributed by atoms with van der Waals surface area (Å²) in [6.45, 7) is 6.83. The number of rotatable bonds is 4. The molecule has 0 N–H and O–H groups in total. The molecule has 1 aromatic rings. The van der Waals surface area contributed by atoms with Crippen molar-refractivity contribution in [2.45, 2.75) is 31.7 Å². The van der Waals surface area contributed by atoms with Crippen LogP contribution in [-0.2, 0) is 9.53 Å². The predicted molar refractivity (Wildman–Crippen MR) is 113 cm³/mol. The highest BCUT2D eigenvalue weighted by Gasteiger charge is 2.34. The molecule has 4 heterocycles. The first-order valence-electron chi connectivity index (χ1n) is 11.0. The molecule has 4 rings (SSSR count). The fourth-order valence-corrected chi connectivity index (χ4v) is 4.75. The number of nitrogens with zero attached hydrogens (tertiary/aromatic N) is 6. The third kappa shape index (κ3) is 4.80. The van der Waals surface area contributed by atoms with Gasteiger partial charge >= 0.3 is 0 Å². The lowest BCUT2D eigenvalue weighted by Gasteiger charge is -2.43. The monoisotopic (exact) mass is 402 g/mol. The number of hydrogen-bond acceptors (Lipinski definition) is 7. The standard InChI is InChI=1S/C21H34N6O2/c1-24(2)19-5-8-22-21(23-19)26-10-6-18(7-11-26)27-9-3-4-17(16-27)20(28)25-12-14-29-15-13-25/h5,8,17-18H,3-4,6-7,9-16H2,1-2H3. The van der Waals surface area contributed by atoms with Gasteiger partial charge in [0.25, 0.3) is 0 Å². The summed E-state index contributed by atoms with van der Waals surface area (Å²) in [7, 11) is 4.01. The van der Waals surface area contributed by atoms with Gasteiger partial charge in [0.05, 0.1) is 19.1 Å². The van der Waals surface area contributed by atoms with Crippen molar-refractivity contribution in [3.05, 3.63) is 12.3 Å². The normalized spacial score (nSPS) is 24.6. The van der Waals surface area contributed by atoms with Gasteiger partial charge in [0.1, 0.15) is 5.82 Å². The highest BCUT2D eigenvalue weighted by molar-refractivity contribution is 5.79. The predicted octanol–water partition coefficient (Wildman–Crippen LogP) is 1.08. The molecule has 0 aliphatic carbocycles. The Balaban J connectivity index is 1.31. The van der Waals surface area contributed by atoms with E-state index in [0.717, 1.165) is 76.7 Å². The van der Waals surface area contributed by atoms with Crippen LogP contribution in [0.1, 0.15) is 25.7 Å². The lowest BCUT2D eigenvalue weighted by molar-refractivity contribution is -0.141. The first-order valence-corrected chi connectivity index (χ1v) is 11.0. The van der Waals surface area contributed by atoms with Crippen LogP contribution in [0.2, 0.25) is 0 Å². The van der Waals surface area contributed by atoms with Crippen LogP contribution in [-0.4, -0.2) is 98.3 Å². The van der Waals surface area contributed by atoms with Gasteiger partial charge in [-0.05, 0) is 38.3 Å². The molecule has 3 fully saturated rings.